The Morgan fingerprint density at radius 3 is 1.81 bits per heavy atom. The standard InChI is InChI=1S/C34H31N3/c1-3-4-9-26-10-5-6-11-30(26)25-37(2)34-16-14-27(15-17-34)31-20-32(28-12-7-18-35-23-28)22-33(21-31)29-13-8-19-36-24-29/h4-24H,3,25H2,1-2H3/b9-4-. The zero-order valence-corrected chi connectivity index (χ0v) is 21.4. The lowest BCUT2D eigenvalue weighted by atomic mass is 9.94. The van der Waals surface area contributed by atoms with Crippen LogP contribution in [0.4, 0.5) is 5.69 Å². The van der Waals surface area contributed by atoms with Crippen LogP contribution in [-0.4, -0.2) is 17.0 Å². The molecule has 0 fully saturated rings. The molecule has 0 radical (unpaired) electrons. The van der Waals surface area contributed by atoms with Crippen molar-refractivity contribution >= 4 is 11.8 Å². The predicted octanol–water partition coefficient (Wildman–Crippen LogP) is 8.54. The Morgan fingerprint density at radius 1 is 0.649 bits per heavy atom. The van der Waals surface area contributed by atoms with E-state index in [1.54, 1.807) is 0 Å². The van der Waals surface area contributed by atoms with Crippen LogP contribution in [0.5, 0.6) is 0 Å². The van der Waals surface area contributed by atoms with Crippen LogP contribution in [0.1, 0.15) is 24.5 Å². The van der Waals surface area contributed by atoms with E-state index in [-0.39, 0.29) is 0 Å². The van der Waals surface area contributed by atoms with Gasteiger partial charge in [-0.15, -0.1) is 0 Å². The average Bonchev–Trinajstić information content (AvgIpc) is 2.97. The summed E-state index contributed by atoms with van der Waals surface area (Å²) in [4.78, 5) is 11.0. The highest BCUT2D eigenvalue weighted by Crippen LogP contribution is 2.33. The van der Waals surface area contributed by atoms with Crippen LogP contribution in [0.3, 0.4) is 0 Å². The number of allylic oxidation sites excluding steroid dienone is 1. The van der Waals surface area contributed by atoms with Gasteiger partial charge in [0.15, 0.2) is 0 Å². The van der Waals surface area contributed by atoms with E-state index in [0.717, 1.165) is 35.2 Å². The van der Waals surface area contributed by atoms with Gasteiger partial charge >= 0.3 is 0 Å². The molecule has 5 aromatic rings. The second kappa shape index (κ2) is 11.5. The largest absolute Gasteiger partial charge is 0.370 e. The van der Waals surface area contributed by atoms with Gasteiger partial charge in [-0.05, 0) is 82.3 Å². The SMILES string of the molecule is CC/C=C\c1ccccc1CN(C)c1ccc(-c2cc(-c3cccnc3)cc(-c3cccnc3)c2)cc1. The molecule has 0 atom stereocenters. The third-order valence-electron chi connectivity index (χ3n) is 6.56. The van der Waals surface area contributed by atoms with Gasteiger partial charge in [-0.1, -0.05) is 67.6 Å². The van der Waals surface area contributed by atoms with E-state index in [0.29, 0.717) is 0 Å². The molecule has 0 spiro atoms. The van der Waals surface area contributed by atoms with Crippen LogP contribution in [-0.2, 0) is 6.54 Å². The molecule has 182 valence electrons. The first-order valence-corrected chi connectivity index (χ1v) is 12.7. The molecule has 2 aromatic heterocycles. The smallest absolute Gasteiger partial charge is 0.0432 e. The fourth-order valence-corrected chi connectivity index (χ4v) is 4.54. The first-order valence-electron chi connectivity index (χ1n) is 12.7. The summed E-state index contributed by atoms with van der Waals surface area (Å²) in [7, 11) is 2.15. The van der Waals surface area contributed by atoms with Gasteiger partial charge in [-0.25, -0.2) is 0 Å². The van der Waals surface area contributed by atoms with Crippen molar-refractivity contribution in [3.05, 3.63) is 133 Å². The van der Waals surface area contributed by atoms with Crippen molar-refractivity contribution in [2.24, 2.45) is 0 Å². The van der Waals surface area contributed by atoms with Crippen LogP contribution in [0.15, 0.2) is 122 Å². The molecule has 0 aliphatic carbocycles. The summed E-state index contributed by atoms with van der Waals surface area (Å²) in [6.07, 6.45) is 12.9. The van der Waals surface area contributed by atoms with Crippen molar-refractivity contribution in [1.29, 1.82) is 0 Å². The highest BCUT2D eigenvalue weighted by atomic mass is 15.1. The van der Waals surface area contributed by atoms with Gasteiger partial charge in [-0.2, -0.15) is 0 Å². The number of hydrogen-bond acceptors (Lipinski definition) is 3. The molecule has 3 aromatic carbocycles. The number of anilines is 1. The van der Waals surface area contributed by atoms with Crippen LogP contribution in [0, 0.1) is 0 Å². The topological polar surface area (TPSA) is 29.0 Å². The number of nitrogens with zero attached hydrogens (tertiary/aromatic N) is 3. The summed E-state index contributed by atoms with van der Waals surface area (Å²) in [5.74, 6) is 0. The third kappa shape index (κ3) is 5.84. The lowest BCUT2D eigenvalue weighted by Crippen LogP contribution is -2.16. The Hall–Kier alpha value is -4.50. The fourth-order valence-electron chi connectivity index (χ4n) is 4.54. The van der Waals surface area contributed by atoms with Crippen molar-refractivity contribution < 1.29 is 0 Å². The maximum atomic E-state index is 4.33. The molecule has 37 heavy (non-hydrogen) atoms. The maximum Gasteiger partial charge on any atom is 0.0432 e. The van der Waals surface area contributed by atoms with Crippen LogP contribution in [0.2, 0.25) is 0 Å². The zero-order valence-electron chi connectivity index (χ0n) is 21.4. The molecule has 0 amide bonds. The molecule has 0 aliphatic rings. The number of aromatic nitrogens is 2. The molecule has 0 saturated carbocycles. The lowest BCUT2D eigenvalue weighted by molar-refractivity contribution is 0.921. The zero-order chi connectivity index (χ0) is 25.5. The summed E-state index contributed by atoms with van der Waals surface area (Å²) in [6, 6.07) is 32.3. The van der Waals surface area contributed by atoms with Crippen molar-refractivity contribution in [2.75, 3.05) is 11.9 Å². The van der Waals surface area contributed by atoms with Gasteiger partial charge in [0.25, 0.3) is 0 Å². The Labute approximate surface area is 219 Å². The van der Waals surface area contributed by atoms with Crippen molar-refractivity contribution in [3.8, 4) is 33.4 Å². The highest BCUT2D eigenvalue weighted by Gasteiger charge is 2.10. The van der Waals surface area contributed by atoms with Crippen LogP contribution >= 0.6 is 0 Å². The minimum absolute atomic E-state index is 0.852. The van der Waals surface area contributed by atoms with E-state index in [1.165, 1.54) is 27.9 Å². The quantitative estimate of drug-likeness (QED) is 0.222. The van der Waals surface area contributed by atoms with Gasteiger partial charge in [0.1, 0.15) is 0 Å². The first-order chi connectivity index (χ1) is 18.2. The highest BCUT2D eigenvalue weighted by molar-refractivity contribution is 5.81. The number of benzene rings is 3. The second-order valence-corrected chi connectivity index (χ2v) is 9.19. The summed E-state index contributed by atoms with van der Waals surface area (Å²) in [5.41, 5.74) is 10.6. The third-order valence-corrected chi connectivity index (χ3v) is 6.56. The summed E-state index contributed by atoms with van der Waals surface area (Å²) in [6.45, 7) is 3.02. The molecule has 2 heterocycles. The molecular formula is C34H31N3. The second-order valence-electron chi connectivity index (χ2n) is 9.19. The van der Waals surface area contributed by atoms with E-state index in [2.05, 4.69) is 120 Å². The van der Waals surface area contributed by atoms with Crippen molar-refractivity contribution in [2.45, 2.75) is 19.9 Å². The van der Waals surface area contributed by atoms with Gasteiger partial charge in [0, 0.05) is 55.2 Å². The lowest BCUT2D eigenvalue weighted by Gasteiger charge is -2.21. The van der Waals surface area contributed by atoms with E-state index in [9.17, 15) is 0 Å². The van der Waals surface area contributed by atoms with Gasteiger partial charge < -0.3 is 4.90 Å². The maximum absolute atomic E-state index is 4.33. The van der Waals surface area contributed by atoms with Crippen LogP contribution in [0.25, 0.3) is 39.5 Å². The molecular weight excluding hydrogens is 450 g/mol. The monoisotopic (exact) mass is 481 g/mol. The molecule has 3 heteroatoms. The van der Waals surface area contributed by atoms with Crippen LogP contribution < -0.4 is 4.90 Å². The Morgan fingerprint density at radius 2 is 1.24 bits per heavy atom. The average molecular weight is 482 g/mol. The Kier molecular flexibility index (Phi) is 7.52. The van der Waals surface area contributed by atoms with E-state index < -0.39 is 0 Å². The van der Waals surface area contributed by atoms with Gasteiger partial charge in [0.05, 0.1) is 0 Å². The molecule has 0 N–H and O–H groups in total. The summed E-state index contributed by atoms with van der Waals surface area (Å²) in [5, 5.41) is 0. The Bertz CT molecular complexity index is 1420. The molecule has 0 bridgehead atoms. The number of pyridine rings is 2. The first kappa shape index (κ1) is 24.2. The summed E-state index contributed by atoms with van der Waals surface area (Å²) < 4.78 is 0. The number of rotatable bonds is 8. The molecule has 0 aliphatic heterocycles. The van der Waals surface area contributed by atoms with E-state index in [4.69, 9.17) is 0 Å². The summed E-state index contributed by atoms with van der Waals surface area (Å²) >= 11 is 0. The van der Waals surface area contributed by atoms with Gasteiger partial charge in [-0.3, -0.25) is 9.97 Å². The van der Waals surface area contributed by atoms with Crippen molar-refractivity contribution in [1.82, 2.24) is 9.97 Å². The molecule has 3 nitrogen and oxygen atoms in total. The van der Waals surface area contributed by atoms with E-state index in [1.807, 2.05) is 36.9 Å². The minimum atomic E-state index is 0.852. The molecule has 0 unspecified atom stereocenters. The molecule has 5 rings (SSSR count). The Balaban J connectivity index is 1.45. The van der Waals surface area contributed by atoms with E-state index >= 15 is 0 Å². The van der Waals surface area contributed by atoms with Crippen molar-refractivity contribution in [3.63, 3.8) is 0 Å². The normalized spacial score (nSPS) is 11.1. The predicted molar refractivity (Wildman–Crippen MR) is 156 cm³/mol. The number of hydrogen-bond donors (Lipinski definition) is 0. The minimum Gasteiger partial charge on any atom is -0.370 e. The van der Waals surface area contributed by atoms with Gasteiger partial charge in [0.2, 0.25) is 0 Å². The molecule has 0 saturated heterocycles. The fraction of sp³-hybridized carbons (Fsp3) is 0.118.